The van der Waals surface area contributed by atoms with Gasteiger partial charge in [0.1, 0.15) is 26.2 Å². The van der Waals surface area contributed by atoms with E-state index in [0.29, 0.717) is 13.2 Å². The van der Waals surface area contributed by atoms with E-state index in [-0.39, 0.29) is 18.3 Å². The fourth-order valence-corrected chi connectivity index (χ4v) is 3.03. The summed E-state index contributed by atoms with van der Waals surface area (Å²) in [5.41, 5.74) is 0. The standard InChI is InChI=1S/C14H26BNO4/c1-17-10-11-12(18-2)13(14(15)20-11)19-9-8-16-6-4-3-5-7-16/h11-14H,3-10H2,1-2H3/t11-,12?,13+,14-/m1/s1. The van der Waals surface area contributed by atoms with Crippen LogP contribution >= 0.6 is 0 Å². The first-order chi connectivity index (χ1) is 9.76. The van der Waals surface area contributed by atoms with Gasteiger partial charge in [-0.3, -0.25) is 0 Å². The molecule has 4 atom stereocenters. The molecule has 114 valence electrons. The summed E-state index contributed by atoms with van der Waals surface area (Å²) in [7, 11) is 9.30. The molecule has 0 aromatic carbocycles. The van der Waals surface area contributed by atoms with Crippen molar-refractivity contribution in [3.63, 3.8) is 0 Å². The molecule has 2 saturated heterocycles. The SMILES string of the molecule is [B][C@@H]1O[C@H](COC)C(OC)[C@@H]1OCCN1CCCCC1. The molecular formula is C14H26BNO4. The molecule has 1 unspecified atom stereocenters. The first-order valence-electron chi connectivity index (χ1n) is 7.53. The number of hydrogen-bond acceptors (Lipinski definition) is 5. The molecular weight excluding hydrogens is 257 g/mol. The van der Waals surface area contributed by atoms with Crippen LogP contribution in [0, 0.1) is 0 Å². The molecule has 20 heavy (non-hydrogen) atoms. The van der Waals surface area contributed by atoms with Crippen molar-refractivity contribution in [1.29, 1.82) is 0 Å². The molecule has 0 saturated carbocycles. The number of nitrogens with zero attached hydrogens (tertiary/aromatic N) is 1. The minimum Gasteiger partial charge on any atom is -0.382 e. The smallest absolute Gasteiger partial charge is 0.113 e. The van der Waals surface area contributed by atoms with E-state index in [0.717, 1.165) is 6.54 Å². The van der Waals surface area contributed by atoms with Crippen LogP contribution in [0.4, 0.5) is 0 Å². The van der Waals surface area contributed by atoms with Gasteiger partial charge in [0.2, 0.25) is 0 Å². The van der Waals surface area contributed by atoms with Crippen LogP contribution in [0.25, 0.3) is 0 Å². The monoisotopic (exact) mass is 283 g/mol. The van der Waals surface area contributed by atoms with Crippen molar-refractivity contribution in [3.8, 4) is 0 Å². The zero-order chi connectivity index (χ0) is 14.4. The molecule has 0 aromatic heterocycles. The van der Waals surface area contributed by atoms with Gasteiger partial charge in [-0.1, -0.05) is 6.42 Å². The van der Waals surface area contributed by atoms with Crippen molar-refractivity contribution in [1.82, 2.24) is 4.90 Å². The molecule has 0 bridgehead atoms. The van der Waals surface area contributed by atoms with E-state index in [1.54, 1.807) is 14.2 Å². The third-order valence-corrected chi connectivity index (χ3v) is 4.12. The fraction of sp³-hybridized carbons (Fsp3) is 1.00. The van der Waals surface area contributed by atoms with Gasteiger partial charge in [-0.25, -0.2) is 0 Å². The molecule has 0 spiro atoms. The minimum absolute atomic E-state index is 0.153. The molecule has 2 radical (unpaired) electrons. The molecule has 2 rings (SSSR count). The van der Waals surface area contributed by atoms with Crippen LogP contribution in [0.15, 0.2) is 0 Å². The summed E-state index contributed by atoms with van der Waals surface area (Å²) in [4.78, 5) is 2.44. The summed E-state index contributed by atoms with van der Waals surface area (Å²) >= 11 is 0. The van der Waals surface area contributed by atoms with Crippen LogP contribution in [0.5, 0.6) is 0 Å². The van der Waals surface area contributed by atoms with E-state index in [1.807, 2.05) is 0 Å². The van der Waals surface area contributed by atoms with Gasteiger partial charge in [0.05, 0.1) is 13.2 Å². The average molecular weight is 283 g/mol. The maximum atomic E-state index is 5.99. The summed E-state index contributed by atoms with van der Waals surface area (Å²) in [6.07, 6.45) is 3.41. The van der Waals surface area contributed by atoms with Crippen LogP contribution in [-0.4, -0.2) is 84.1 Å². The summed E-state index contributed by atoms with van der Waals surface area (Å²) < 4.78 is 22.2. The Morgan fingerprint density at radius 2 is 1.90 bits per heavy atom. The summed E-state index contributed by atoms with van der Waals surface area (Å²) in [6, 6.07) is -0.443. The van der Waals surface area contributed by atoms with Crippen molar-refractivity contribution in [2.24, 2.45) is 0 Å². The van der Waals surface area contributed by atoms with Crippen molar-refractivity contribution in [3.05, 3.63) is 0 Å². The summed E-state index contributed by atoms with van der Waals surface area (Å²) in [6.45, 7) is 4.45. The lowest BCUT2D eigenvalue weighted by Gasteiger charge is -2.28. The topological polar surface area (TPSA) is 40.2 Å². The fourth-order valence-electron chi connectivity index (χ4n) is 3.03. The maximum absolute atomic E-state index is 5.99. The number of ether oxygens (including phenoxy) is 4. The van der Waals surface area contributed by atoms with Crippen molar-refractivity contribution in [2.75, 3.05) is 47.1 Å². The Labute approximate surface area is 123 Å². The Balaban J connectivity index is 1.75. The van der Waals surface area contributed by atoms with Gasteiger partial charge in [0, 0.05) is 26.8 Å². The molecule has 6 heteroatoms. The van der Waals surface area contributed by atoms with Gasteiger partial charge < -0.3 is 23.8 Å². The van der Waals surface area contributed by atoms with E-state index in [2.05, 4.69) is 4.90 Å². The Morgan fingerprint density at radius 1 is 1.15 bits per heavy atom. The average Bonchev–Trinajstić information content (AvgIpc) is 2.76. The lowest BCUT2D eigenvalue weighted by Crippen LogP contribution is -2.40. The number of likely N-dealkylation sites (tertiary alicyclic amines) is 1. The van der Waals surface area contributed by atoms with Gasteiger partial charge in [-0.2, -0.15) is 0 Å². The van der Waals surface area contributed by atoms with Gasteiger partial charge in [-0.15, -0.1) is 0 Å². The van der Waals surface area contributed by atoms with Crippen LogP contribution < -0.4 is 0 Å². The zero-order valence-electron chi connectivity index (χ0n) is 12.6. The van der Waals surface area contributed by atoms with E-state index < -0.39 is 6.00 Å². The third kappa shape index (κ3) is 4.18. The lowest BCUT2D eigenvalue weighted by atomic mass is 9.93. The Bertz CT molecular complexity index is 276. The quantitative estimate of drug-likeness (QED) is 0.633. The van der Waals surface area contributed by atoms with Crippen molar-refractivity contribution < 1.29 is 18.9 Å². The number of hydrogen-bond donors (Lipinski definition) is 0. The van der Waals surface area contributed by atoms with Gasteiger partial charge in [0.25, 0.3) is 0 Å². The second-order valence-corrected chi connectivity index (χ2v) is 5.53. The maximum Gasteiger partial charge on any atom is 0.113 e. The second kappa shape index (κ2) is 8.34. The normalized spacial score (nSPS) is 35.5. The molecule has 2 heterocycles. The van der Waals surface area contributed by atoms with E-state index >= 15 is 0 Å². The van der Waals surface area contributed by atoms with E-state index in [1.165, 1.54) is 32.4 Å². The number of rotatable bonds is 7. The molecule has 2 fully saturated rings. The molecule has 2 aliphatic heterocycles. The predicted molar refractivity (Wildman–Crippen MR) is 77.1 cm³/mol. The van der Waals surface area contributed by atoms with Gasteiger partial charge in [-0.05, 0) is 25.9 Å². The molecule has 5 nitrogen and oxygen atoms in total. The van der Waals surface area contributed by atoms with E-state index in [9.17, 15) is 0 Å². The number of piperidine rings is 1. The van der Waals surface area contributed by atoms with Crippen LogP contribution in [0.3, 0.4) is 0 Å². The zero-order valence-corrected chi connectivity index (χ0v) is 12.6. The van der Waals surface area contributed by atoms with Crippen LogP contribution in [-0.2, 0) is 18.9 Å². The van der Waals surface area contributed by atoms with Gasteiger partial charge >= 0.3 is 0 Å². The Morgan fingerprint density at radius 3 is 2.55 bits per heavy atom. The minimum atomic E-state index is -0.443. The van der Waals surface area contributed by atoms with Crippen LogP contribution in [0.2, 0.25) is 0 Å². The molecule has 0 aromatic rings. The first kappa shape index (κ1) is 16.2. The van der Waals surface area contributed by atoms with Crippen molar-refractivity contribution in [2.45, 2.75) is 43.6 Å². The highest BCUT2D eigenvalue weighted by atomic mass is 16.6. The van der Waals surface area contributed by atoms with Crippen molar-refractivity contribution >= 4 is 7.85 Å². The molecule has 2 aliphatic rings. The Hall–Kier alpha value is -0.135. The summed E-state index contributed by atoms with van der Waals surface area (Å²) in [5.74, 6) is 0. The molecule has 0 N–H and O–H groups in total. The predicted octanol–water partition coefficient (Wildman–Crippen LogP) is 0.412. The largest absolute Gasteiger partial charge is 0.382 e. The highest BCUT2D eigenvalue weighted by Gasteiger charge is 2.42. The summed E-state index contributed by atoms with van der Waals surface area (Å²) in [5, 5.41) is 0. The highest BCUT2D eigenvalue weighted by Crippen LogP contribution is 2.25. The van der Waals surface area contributed by atoms with Crippen LogP contribution in [0.1, 0.15) is 19.3 Å². The number of methoxy groups -OCH3 is 2. The molecule has 0 aliphatic carbocycles. The molecule has 0 amide bonds. The highest BCUT2D eigenvalue weighted by molar-refractivity contribution is 6.11. The lowest BCUT2D eigenvalue weighted by molar-refractivity contribution is -0.0587. The first-order valence-corrected chi connectivity index (χ1v) is 7.53. The third-order valence-electron chi connectivity index (χ3n) is 4.12. The van der Waals surface area contributed by atoms with Gasteiger partial charge in [0.15, 0.2) is 0 Å². The second-order valence-electron chi connectivity index (χ2n) is 5.53. The van der Waals surface area contributed by atoms with E-state index in [4.69, 9.17) is 26.8 Å². The Kier molecular flexibility index (Phi) is 6.77.